The zero-order chi connectivity index (χ0) is 18.0. The van der Waals surface area contributed by atoms with E-state index in [1.54, 1.807) is 24.3 Å². The number of hydrogen-bond acceptors (Lipinski definition) is 7. The zero-order valence-corrected chi connectivity index (χ0v) is 13.7. The molecule has 130 valence electrons. The Balaban J connectivity index is 1.74. The first-order chi connectivity index (χ1) is 11.8. The minimum Gasteiger partial charge on any atom is -0.493 e. The smallest absolute Gasteiger partial charge is 0.433 e. The molecule has 0 saturated carbocycles. The third-order valence-corrected chi connectivity index (χ3v) is 3.91. The van der Waals surface area contributed by atoms with Crippen LogP contribution in [0.2, 0.25) is 5.02 Å². The molecule has 0 atom stereocenters. The Morgan fingerprint density at radius 2 is 1.96 bits per heavy atom. The van der Waals surface area contributed by atoms with Gasteiger partial charge < -0.3 is 9.52 Å². The summed E-state index contributed by atoms with van der Waals surface area (Å²) >= 11 is 6.71. The van der Waals surface area contributed by atoms with E-state index in [0.717, 1.165) is 11.8 Å². The van der Waals surface area contributed by atoms with E-state index in [-0.39, 0.29) is 22.7 Å². The van der Waals surface area contributed by atoms with Gasteiger partial charge in [0.15, 0.2) is 10.9 Å². The zero-order valence-electron chi connectivity index (χ0n) is 12.2. The average molecular weight is 389 g/mol. The molecule has 0 aliphatic rings. The maximum Gasteiger partial charge on any atom is 0.433 e. The van der Waals surface area contributed by atoms with Gasteiger partial charge in [-0.3, -0.25) is 0 Å². The van der Waals surface area contributed by atoms with E-state index in [2.05, 4.69) is 20.2 Å². The number of benzene rings is 1. The van der Waals surface area contributed by atoms with E-state index in [9.17, 15) is 18.3 Å². The number of nitrogens with zero attached hydrogens (tertiary/aromatic N) is 4. The second-order valence-electron chi connectivity index (χ2n) is 4.69. The largest absolute Gasteiger partial charge is 0.493 e. The predicted octanol–water partition coefficient (Wildman–Crippen LogP) is 4.20. The summed E-state index contributed by atoms with van der Waals surface area (Å²) in [5, 5.41) is 17.2. The summed E-state index contributed by atoms with van der Waals surface area (Å²) < 4.78 is 43.4. The number of halogens is 4. The summed E-state index contributed by atoms with van der Waals surface area (Å²) in [4.78, 5) is 6.90. The molecule has 3 aromatic rings. The van der Waals surface area contributed by atoms with Gasteiger partial charge in [-0.05, 0) is 18.2 Å². The summed E-state index contributed by atoms with van der Waals surface area (Å²) in [6.45, 7) is 0. The van der Waals surface area contributed by atoms with Crippen molar-refractivity contribution >= 4 is 23.4 Å². The van der Waals surface area contributed by atoms with Gasteiger partial charge in [-0.2, -0.15) is 18.2 Å². The Morgan fingerprint density at radius 1 is 1.16 bits per heavy atom. The Bertz CT molecular complexity index is 904. The van der Waals surface area contributed by atoms with Gasteiger partial charge in [0, 0.05) is 16.7 Å². The molecule has 1 aromatic carbocycles. The monoisotopic (exact) mass is 388 g/mol. The van der Waals surface area contributed by atoms with Gasteiger partial charge in [0.25, 0.3) is 0 Å². The molecule has 0 spiro atoms. The highest BCUT2D eigenvalue weighted by atomic mass is 35.5. The van der Waals surface area contributed by atoms with Gasteiger partial charge in [0.1, 0.15) is 0 Å². The quantitative estimate of drug-likeness (QED) is 0.529. The molecule has 25 heavy (non-hydrogen) atoms. The van der Waals surface area contributed by atoms with Gasteiger partial charge in [0.05, 0.1) is 5.75 Å². The molecule has 3 rings (SSSR count). The van der Waals surface area contributed by atoms with Crippen molar-refractivity contribution in [2.45, 2.75) is 17.1 Å². The van der Waals surface area contributed by atoms with Crippen LogP contribution in [0.1, 0.15) is 11.6 Å². The molecule has 2 aromatic heterocycles. The second kappa shape index (κ2) is 6.89. The van der Waals surface area contributed by atoms with Crippen LogP contribution < -0.4 is 0 Å². The van der Waals surface area contributed by atoms with Crippen LogP contribution in [0, 0.1) is 0 Å². The number of aromatic nitrogens is 4. The minimum absolute atomic E-state index is 0.0360. The molecule has 6 nitrogen and oxygen atoms in total. The number of thioether (sulfide) groups is 1. The lowest BCUT2D eigenvalue weighted by Crippen LogP contribution is -2.09. The molecule has 1 N–H and O–H groups in total. The molecule has 11 heteroatoms. The van der Waals surface area contributed by atoms with Crippen LogP contribution in [-0.2, 0) is 11.9 Å². The summed E-state index contributed by atoms with van der Waals surface area (Å²) in [6, 6.07) is 7.23. The summed E-state index contributed by atoms with van der Waals surface area (Å²) in [5.74, 6) is -0.338. The first-order valence-electron chi connectivity index (χ1n) is 6.67. The molecule has 0 aliphatic heterocycles. The van der Waals surface area contributed by atoms with Crippen molar-refractivity contribution < 1.29 is 22.7 Å². The van der Waals surface area contributed by atoms with Gasteiger partial charge in [0.2, 0.25) is 17.7 Å². The highest BCUT2D eigenvalue weighted by molar-refractivity contribution is 7.98. The van der Waals surface area contributed by atoms with Gasteiger partial charge in [-0.25, -0.2) is 4.98 Å². The number of aromatic hydroxyl groups is 1. The van der Waals surface area contributed by atoms with E-state index in [0.29, 0.717) is 16.7 Å². The van der Waals surface area contributed by atoms with E-state index >= 15 is 0 Å². The van der Waals surface area contributed by atoms with Crippen LogP contribution in [0.5, 0.6) is 5.88 Å². The van der Waals surface area contributed by atoms with Gasteiger partial charge in [-0.15, -0.1) is 10.2 Å². The molecule has 0 saturated heterocycles. The summed E-state index contributed by atoms with van der Waals surface area (Å²) in [6.07, 6.45) is -4.68. The van der Waals surface area contributed by atoms with Gasteiger partial charge in [-0.1, -0.05) is 29.4 Å². The molecule has 0 aliphatic carbocycles. The van der Waals surface area contributed by atoms with Crippen molar-refractivity contribution in [3.63, 3.8) is 0 Å². The lowest BCUT2D eigenvalue weighted by atomic mass is 10.2. The summed E-state index contributed by atoms with van der Waals surface area (Å²) in [5.41, 5.74) is -0.614. The number of hydrogen-bond donors (Lipinski definition) is 1. The van der Waals surface area contributed by atoms with Crippen molar-refractivity contribution in [1.82, 2.24) is 20.2 Å². The fourth-order valence-electron chi connectivity index (χ4n) is 1.80. The third kappa shape index (κ3) is 4.40. The van der Waals surface area contributed by atoms with E-state index in [4.69, 9.17) is 16.0 Å². The van der Waals surface area contributed by atoms with E-state index in [1.165, 1.54) is 0 Å². The Morgan fingerprint density at radius 3 is 2.68 bits per heavy atom. The molecule has 2 heterocycles. The van der Waals surface area contributed by atoms with Crippen molar-refractivity contribution in [2.24, 2.45) is 0 Å². The third-order valence-electron chi connectivity index (χ3n) is 2.85. The minimum atomic E-state index is -4.68. The number of alkyl halides is 3. The molecule has 0 radical (unpaired) electrons. The second-order valence-corrected chi connectivity index (χ2v) is 6.07. The highest BCUT2D eigenvalue weighted by Gasteiger charge is 2.33. The maximum atomic E-state index is 12.7. The topological polar surface area (TPSA) is 84.9 Å². The normalized spacial score (nSPS) is 11.7. The molecule has 0 amide bonds. The number of rotatable bonds is 4. The Hall–Kier alpha value is -2.33. The first-order valence-corrected chi connectivity index (χ1v) is 8.04. The molecule has 0 bridgehead atoms. The van der Waals surface area contributed by atoms with Crippen LogP contribution in [0.4, 0.5) is 13.2 Å². The molecular formula is C14H8ClF3N4O2S. The maximum absolute atomic E-state index is 12.7. The van der Waals surface area contributed by atoms with Crippen LogP contribution in [-0.4, -0.2) is 25.3 Å². The fourth-order valence-corrected chi connectivity index (χ4v) is 2.68. The average Bonchev–Trinajstić information content (AvgIpc) is 3.01. The van der Waals surface area contributed by atoms with Crippen molar-refractivity contribution in [3.05, 3.63) is 46.9 Å². The van der Waals surface area contributed by atoms with Crippen LogP contribution in [0.25, 0.3) is 11.5 Å². The van der Waals surface area contributed by atoms with Crippen molar-refractivity contribution in [1.29, 1.82) is 0 Å². The highest BCUT2D eigenvalue weighted by Crippen LogP contribution is 2.31. The molecular weight excluding hydrogens is 381 g/mol. The van der Waals surface area contributed by atoms with E-state index < -0.39 is 17.8 Å². The van der Waals surface area contributed by atoms with Crippen molar-refractivity contribution in [3.8, 4) is 17.3 Å². The van der Waals surface area contributed by atoms with Crippen molar-refractivity contribution in [2.75, 3.05) is 0 Å². The molecule has 0 fully saturated rings. The Labute approximate surface area is 148 Å². The first kappa shape index (κ1) is 17.5. The Kier molecular flexibility index (Phi) is 4.82. The van der Waals surface area contributed by atoms with Crippen LogP contribution in [0.15, 0.2) is 39.9 Å². The fraction of sp³-hybridized carbons (Fsp3) is 0.143. The van der Waals surface area contributed by atoms with Crippen LogP contribution in [0.3, 0.4) is 0 Å². The lowest BCUT2D eigenvalue weighted by molar-refractivity contribution is -0.141. The standard InChI is InChI=1S/C14H8ClF3N4O2S/c15-8-3-1-2-7(4-8)12-22-21-11(24-12)6-25-13-19-9(14(16,17)18)5-10(23)20-13/h1-5H,6H2,(H,19,20,23). The lowest BCUT2D eigenvalue weighted by Gasteiger charge is -2.07. The van der Waals surface area contributed by atoms with Crippen LogP contribution >= 0.6 is 23.4 Å². The van der Waals surface area contributed by atoms with Gasteiger partial charge >= 0.3 is 6.18 Å². The van der Waals surface area contributed by atoms with E-state index in [1.807, 2.05) is 0 Å². The summed E-state index contributed by atoms with van der Waals surface area (Å²) in [7, 11) is 0. The molecule has 0 unspecified atom stereocenters. The SMILES string of the molecule is Oc1cc(C(F)(F)F)nc(SCc2nnc(-c3cccc(Cl)c3)o2)n1. The predicted molar refractivity (Wildman–Crippen MR) is 83.0 cm³/mol.